The molecule has 0 aliphatic carbocycles. The highest BCUT2D eigenvalue weighted by Crippen LogP contribution is 2.36. The Morgan fingerprint density at radius 3 is 2.70 bits per heavy atom. The number of benzene rings is 2. The van der Waals surface area contributed by atoms with Gasteiger partial charge in [0.15, 0.2) is 0 Å². The molecule has 8 nitrogen and oxygen atoms in total. The van der Waals surface area contributed by atoms with Crippen LogP contribution in [0.2, 0.25) is 0 Å². The number of carbonyl (C=O) groups is 1. The van der Waals surface area contributed by atoms with E-state index in [0.29, 0.717) is 39.6 Å². The SMILES string of the molecule is Cc1cc2c(-c3ccc[nH]c3=O)c(C(=O)OCCN(C)C)n(Cc3cc4nc[nH]c4cc3F)c2cc1F. The topological polar surface area (TPSA) is 96.0 Å². The summed E-state index contributed by atoms with van der Waals surface area (Å²) in [4.78, 5) is 38.0. The van der Waals surface area contributed by atoms with E-state index in [1.54, 1.807) is 31.2 Å². The smallest absolute Gasteiger partial charge is 0.355 e. The third-order valence-electron chi connectivity index (χ3n) is 6.31. The zero-order valence-electron chi connectivity index (χ0n) is 20.6. The van der Waals surface area contributed by atoms with Crippen LogP contribution in [0.25, 0.3) is 33.1 Å². The average Bonchev–Trinajstić information content (AvgIpc) is 3.42. The molecule has 3 heterocycles. The summed E-state index contributed by atoms with van der Waals surface area (Å²) in [5, 5.41) is 0.483. The maximum atomic E-state index is 15.1. The lowest BCUT2D eigenvalue weighted by Crippen LogP contribution is -2.22. The molecule has 10 heteroatoms. The number of hydrogen-bond donors (Lipinski definition) is 2. The Morgan fingerprint density at radius 1 is 1.14 bits per heavy atom. The highest BCUT2D eigenvalue weighted by molar-refractivity contribution is 6.09. The van der Waals surface area contributed by atoms with Gasteiger partial charge in [0.25, 0.3) is 5.56 Å². The molecule has 2 N–H and O–H groups in total. The minimum atomic E-state index is -0.699. The van der Waals surface area contributed by atoms with Gasteiger partial charge < -0.3 is 24.2 Å². The molecule has 5 aromatic rings. The van der Waals surface area contributed by atoms with Crippen molar-refractivity contribution >= 4 is 27.9 Å². The van der Waals surface area contributed by atoms with Crippen molar-refractivity contribution in [2.45, 2.75) is 13.5 Å². The molecule has 0 saturated carbocycles. The predicted molar refractivity (Wildman–Crippen MR) is 137 cm³/mol. The number of hydrogen-bond acceptors (Lipinski definition) is 5. The molecule has 190 valence electrons. The number of aromatic nitrogens is 4. The number of H-pyrrole nitrogens is 2. The molecule has 0 amide bonds. The molecule has 0 saturated heterocycles. The number of aryl methyl sites for hydroxylation is 1. The van der Waals surface area contributed by atoms with Gasteiger partial charge in [0.2, 0.25) is 0 Å². The van der Waals surface area contributed by atoms with Crippen molar-refractivity contribution in [1.29, 1.82) is 0 Å². The molecule has 5 rings (SSSR count). The second-order valence-electron chi connectivity index (χ2n) is 9.14. The first-order chi connectivity index (χ1) is 17.7. The summed E-state index contributed by atoms with van der Waals surface area (Å²) in [5.41, 5.74) is 2.14. The van der Waals surface area contributed by atoms with Crippen LogP contribution in [0.15, 0.2) is 53.7 Å². The van der Waals surface area contributed by atoms with Crippen molar-refractivity contribution in [3.63, 3.8) is 0 Å². The van der Waals surface area contributed by atoms with Crippen LogP contribution in [0, 0.1) is 18.6 Å². The summed E-state index contributed by atoms with van der Waals surface area (Å²) < 4.78 is 37.1. The molecule has 0 bridgehead atoms. The van der Waals surface area contributed by atoms with Crippen molar-refractivity contribution in [2.75, 3.05) is 27.2 Å². The normalized spacial score (nSPS) is 11.6. The summed E-state index contributed by atoms with van der Waals surface area (Å²) in [5.74, 6) is -1.71. The van der Waals surface area contributed by atoms with Crippen LogP contribution < -0.4 is 5.56 Å². The number of fused-ring (bicyclic) bond motifs is 2. The largest absolute Gasteiger partial charge is 0.460 e. The molecule has 3 aromatic heterocycles. The van der Waals surface area contributed by atoms with Crippen molar-refractivity contribution in [3.05, 3.63) is 87.7 Å². The van der Waals surface area contributed by atoms with E-state index in [0.717, 1.165) is 0 Å². The third-order valence-corrected chi connectivity index (χ3v) is 6.31. The number of nitrogens with zero attached hydrogens (tertiary/aromatic N) is 3. The Kier molecular flexibility index (Phi) is 6.34. The number of nitrogens with one attached hydrogen (secondary N) is 2. The van der Waals surface area contributed by atoms with Gasteiger partial charge in [-0.2, -0.15) is 0 Å². The van der Waals surface area contributed by atoms with E-state index in [1.807, 2.05) is 19.0 Å². The van der Waals surface area contributed by atoms with Crippen LogP contribution >= 0.6 is 0 Å². The van der Waals surface area contributed by atoms with E-state index in [2.05, 4.69) is 15.0 Å². The second-order valence-corrected chi connectivity index (χ2v) is 9.14. The molecule has 37 heavy (non-hydrogen) atoms. The lowest BCUT2D eigenvalue weighted by molar-refractivity contribution is 0.0471. The standard InChI is InChI=1S/C27H25F2N5O3/c1-15-9-18-23(12-19(15)28)34(13-16-10-21-22(11-20(16)29)32-14-31-21)25(27(36)37-8-7-33(2)3)24(18)17-5-4-6-30-26(17)35/h4-6,9-12,14H,7-8,13H2,1-3H3,(H,30,35)(H,31,32). The fourth-order valence-electron chi connectivity index (χ4n) is 4.42. The van der Waals surface area contributed by atoms with Gasteiger partial charge in [0.05, 0.1) is 29.4 Å². The van der Waals surface area contributed by atoms with E-state index in [-0.39, 0.29) is 30.0 Å². The summed E-state index contributed by atoms with van der Waals surface area (Å²) in [7, 11) is 3.69. The van der Waals surface area contributed by atoms with E-state index < -0.39 is 23.2 Å². The minimum absolute atomic E-state index is 0.0389. The van der Waals surface area contributed by atoms with Crippen LogP contribution in [-0.2, 0) is 11.3 Å². The summed E-state index contributed by atoms with van der Waals surface area (Å²) in [6.45, 7) is 2.06. The number of imidazole rings is 1. The Bertz CT molecular complexity index is 1700. The van der Waals surface area contributed by atoms with Crippen molar-refractivity contribution in [1.82, 2.24) is 24.4 Å². The third kappa shape index (κ3) is 4.51. The predicted octanol–water partition coefficient (Wildman–Crippen LogP) is 4.23. The first-order valence-corrected chi connectivity index (χ1v) is 11.7. The minimum Gasteiger partial charge on any atom is -0.460 e. The summed E-state index contributed by atoms with van der Waals surface area (Å²) in [6.07, 6.45) is 2.95. The number of carbonyl (C=O) groups excluding carboxylic acids is 1. The fraction of sp³-hybridized carbons (Fsp3) is 0.222. The molecule has 0 atom stereocenters. The molecule has 0 aliphatic rings. The van der Waals surface area contributed by atoms with Gasteiger partial charge in [-0.05, 0) is 63.0 Å². The average molecular weight is 506 g/mol. The Hall–Kier alpha value is -4.31. The number of aromatic amines is 2. The van der Waals surface area contributed by atoms with Crippen molar-refractivity contribution in [2.24, 2.45) is 0 Å². The molecule has 0 aliphatic heterocycles. The molecule has 0 unspecified atom stereocenters. The highest BCUT2D eigenvalue weighted by Gasteiger charge is 2.28. The molecule has 0 fully saturated rings. The van der Waals surface area contributed by atoms with Gasteiger partial charge in [-0.25, -0.2) is 18.6 Å². The Balaban J connectivity index is 1.78. The highest BCUT2D eigenvalue weighted by atomic mass is 19.1. The van der Waals surface area contributed by atoms with Crippen molar-refractivity contribution in [3.8, 4) is 11.1 Å². The van der Waals surface area contributed by atoms with E-state index in [9.17, 15) is 14.0 Å². The quantitative estimate of drug-likeness (QED) is 0.323. The van der Waals surface area contributed by atoms with Gasteiger partial charge >= 0.3 is 5.97 Å². The molecule has 0 radical (unpaired) electrons. The van der Waals surface area contributed by atoms with Gasteiger partial charge in [-0.3, -0.25) is 4.79 Å². The summed E-state index contributed by atoms with van der Waals surface area (Å²) >= 11 is 0. The lowest BCUT2D eigenvalue weighted by atomic mass is 10.0. The van der Waals surface area contributed by atoms with Gasteiger partial charge in [0.1, 0.15) is 23.9 Å². The maximum Gasteiger partial charge on any atom is 0.355 e. The van der Waals surface area contributed by atoms with Crippen LogP contribution in [0.1, 0.15) is 21.6 Å². The second kappa shape index (κ2) is 9.62. The number of rotatable bonds is 7. The van der Waals surface area contributed by atoms with Crippen LogP contribution in [0.3, 0.4) is 0 Å². The van der Waals surface area contributed by atoms with Gasteiger partial charge in [0, 0.05) is 34.8 Å². The number of ether oxygens (including phenoxy) is 1. The molecule has 2 aromatic carbocycles. The van der Waals surface area contributed by atoms with Gasteiger partial charge in [-0.15, -0.1) is 0 Å². The van der Waals surface area contributed by atoms with E-state index in [4.69, 9.17) is 4.74 Å². The van der Waals surface area contributed by atoms with E-state index in [1.165, 1.54) is 29.2 Å². The number of likely N-dealkylation sites (N-methyl/N-ethyl adjacent to an activating group) is 1. The number of halogens is 2. The number of esters is 1. The van der Waals surface area contributed by atoms with E-state index >= 15 is 4.39 Å². The maximum absolute atomic E-state index is 15.1. The molecular formula is C27H25F2N5O3. The monoisotopic (exact) mass is 505 g/mol. The number of pyridine rings is 1. The molecular weight excluding hydrogens is 480 g/mol. The summed E-state index contributed by atoms with van der Waals surface area (Å²) in [6, 6.07) is 9.02. The first kappa shape index (κ1) is 24.4. The Labute approximate surface area is 210 Å². The van der Waals surface area contributed by atoms with Crippen molar-refractivity contribution < 1.29 is 18.3 Å². The zero-order chi connectivity index (χ0) is 26.3. The molecule has 0 spiro atoms. The fourth-order valence-corrected chi connectivity index (χ4v) is 4.42. The first-order valence-electron chi connectivity index (χ1n) is 11.7. The van der Waals surface area contributed by atoms with Crippen LogP contribution in [0.5, 0.6) is 0 Å². The Morgan fingerprint density at radius 2 is 1.95 bits per heavy atom. The zero-order valence-corrected chi connectivity index (χ0v) is 20.6. The lowest BCUT2D eigenvalue weighted by Gasteiger charge is -2.14. The van der Waals surface area contributed by atoms with Crippen LogP contribution in [-0.4, -0.2) is 57.6 Å². The van der Waals surface area contributed by atoms with Gasteiger partial charge in [-0.1, -0.05) is 0 Å². The van der Waals surface area contributed by atoms with Crippen LogP contribution in [0.4, 0.5) is 8.78 Å².